The first-order valence-corrected chi connectivity index (χ1v) is 7.91. The zero-order valence-corrected chi connectivity index (χ0v) is 14.4. The molecule has 0 radical (unpaired) electrons. The lowest BCUT2D eigenvalue weighted by Crippen LogP contribution is -2.48. The third-order valence-electron chi connectivity index (χ3n) is 3.90. The Morgan fingerprint density at radius 1 is 1.29 bits per heavy atom. The zero-order chi connectivity index (χ0) is 16.1. The van der Waals surface area contributed by atoms with Gasteiger partial charge in [0.15, 0.2) is 0 Å². The average molecular weight is 348 g/mol. The molecule has 1 aliphatic rings. The molecule has 128 valence electrons. The van der Waals surface area contributed by atoms with Gasteiger partial charge in [-0.25, -0.2) is 9.97 Å². The number of hydrogen-bond donors (Lipinski definition) is 2. The topological polar surface area (TPSA) is 70.2 Å². The van der Waals surface area contributed by atoms with Crippen molar-refractivity contribution in [2.45, 2.75) is 13.0 Å². The summed E-state index contributed by atoms with van der Waals surface area (Å²) in [5.41, 5.74) is 1.73. The maximum Gasteiger partial charge on any atom is 0.257 e. The molecular weight excluding hydrogens is 326 g/mol. The van der Waals surface area contributed by atoms with E-state index in [-0.39, 0.29) is 24.4 Å². The Morgan fingerprint density at radius 2 is 2.00 bits per heavy atom. The average Bonchev–Trinajstić information content (AvgIpc) is 2.63. The number of halogens is 1. The SMILES string of the molecule is CCNc1ncc(C(=O)N2CCNC(c3ccccc3)C2)cn1.Cl. The van der Waals surface area contributed by atoms with Crippen LogP contribution in [0.1, 0.15) is 28.9 Å². The van der Waals surface area contributed by atoms with E-state index in [2.05, 4.69) is 32.7 Å². The van der Waals surface area contributed by atoms with Crippen LogP contribution in [0.3, 0.4) is 0 Å². The number of piperazine rings is 1. The molecule has 1 fully saturated rings. The summed E-state index contributed by atoms with van der Waals surface area (Å²) in [6.07, 6.45) is 3.18. The number of amides is 1. The summed E-state index contributed by atoms with van der Waals surface area (Å²) in [5.74, 6) is 0.530. The zero-order valence-electron chi connectivity index (χ0n) is 13.6. The minimum atomic E-state index is -0.0181. The number of nitrogens with zero attached hydrogens (tertiary/aromatic N) is 3. The molecule has 6 nitrogen and oxygen atoms in total. The van der Waals surface area contributed by atoms with Crippen molar-refractivity contribution in [3.05, 3.63) is 53.9 Å². The van der Waals surface area contributed by atoms with Gasteiger partial charge in [0.05, 0.1) is 5.56 Å². The first kappa shape index (κ1) is 18.2. The standard InChI is InChI=1S/C17H21N5O.ClH/c1-2-18-17-20-10-14(11-21-17)16(23)22-9-8-19-15(12-22)13-6-4-3-5-7-13;/h3-7,10-11,15,19H,2,8-9,12H2,1H3,(H,18,20,21);1H. The summed E-state index contributed by atoms with van der Waals surface area (Å²) in [6, 6.07) is 10.4. The van der Waals surface area contributed by atoms with Crippen molar-refractivity contribution in [1.82, 2.24) is 20.2 Å². The molecule has 2 N–H and O–H groups in total. The summed E-state index contributed by atoms with van der Waals surface area (Å²) < 4.78 is 0. The van der Waals surface area contributed by atoms with E-state index >= 15 is 0 Å². The minimum absolute atomic E-state index is 0. The Hall–Kier alpha value is -2.18. The summed E-state index contributed by atoms with van der Waals surface area (Å²) in [4.78, 5) is 22.9. The number of carbonyl (C=O) groups excluding carboxylic acids is 1. The number of anilines is 1. The molecule has 1 atom stereocenters. The smallest absolute Gasteiger partial charge is 0.257 e. The van der Waals surface area contributed by atoms with E-state index in [0.29, 0.717) is 24.6 Å². The third-order valence-corrected chi connectivity index (χ3v) is 3.90. The van der Waals surface area contributed by atoms with Crippen LogP contribution in [-0.2, 0) is 0 Å². The molecule has 0 saturated carbocycles. The van der Waals surface area contributed by atoms with E-state index < -0.39 is 0 Å². The van der Waals surface area contributed by atoms with E-state index in [1.165, 1.54) is 5.56 Å². The van der Waals surface area contributed by atoms with Gasteiger partial charge in [-0.05, 0) is 12.5 Å². The molecule has 0 spiro atoms. The number of aromatic nitrogens is 2. The van der Waals surface area contributed by atoms with Crippen molar-refractivity contribution in [1.29, 1.82) is 0 Å². The summed E-state index contributed by atoms with van der Waals surface area (Å²) in [5, 5.41) is 6.49. The van der Waals surface area contributed by atoms with Gasteiger partial charge < -0.3 is 15.5 Å². The number of nitrogens with one attached hydrogen (secondary N) is 2. The molecule has 3 rings (SSSR count). The normalized spacial score (nSPS) is 17.0. The second-order valence-corrected chi connectivity index (χ2v) is 5.49. The molecule has 1 aliphatic heterocycles. The highest BCUT2D eigenvalue weighted by Gasteiger charge is 2.25. The predicted molar refractivity (Wildman–Crippen MR) is 96.5 cm³/mol. The van der Waals surface area contributed by atoms with Crippen molar-refractivity contribution in [2.75, 3.05) is 31.5 Å². The quantitative estimate of drug-likeness (QED) is 0.886. The van der Waals surface area contributed by atoms with Gasteiger partial charge in [-0.1, -0.05) is 30.3 Å². The summed E-state index contributed by atoms with van der Waals surface area (Å²) >= 11 is 0. The summed E-state index contributed by atoms with van der Waals surface area (Å²) in [6.45, 7) is 4.85. The van der Waals surface area contributed by atoms with Crippen LogP contribution in [0.4, 0.5) is 5.95 Å². The van der Waals surface area contributed by atoms with Gasteiger partial charge in [0.1, 0.15) is 0 Å². The molecule has 1 unspecified atom stereocenters. The lowest BCUT2D eigenvalue weighted by Gasteiger charge is -2.34. The molecule has 0 aliphatic carbocycles. The third kappa shape index (κ3) is 4.21. The fraction of sp³-hybridized carbons (Fsp3) is 0.353. The molecule has 2 aromatic rings. The predicted octanol–water partition coefficient (Wildman–Crippen LogP) is 2.12. The Morgan fingerprint density at radius 3 is 2.67 bits per heavy atom. The van der Waals surface area contributed by atoms with E-state index in [4.69, 9.17) is 0 Å². The fourth-order valence-corrected chi connectivity index (χ4v) is 2.71. The van der Waals surface area contributed by atoms with Gasteiger partial charge in [0, 0.05) is 44.6 Å². The molecule has 1 aromatic heterocycles. The van der Waals surface area contributed by atoms with Crippen LogP contribution in [0, 0.1) is 0 Å². The van der Waals surface area contributed by atoms with Crippen LogP contribution < -0.4 is 10.6 Å². The van der Waals surface area contributed by atoms with Crippen molar-refractivity contribution < 1.29 is 4.79 Å². The van der Waals surface area contributed by atoms with Crippen LogP contribution in [0.25, 0.3) is 0 Å². The van der Waals surface area contributed by atoms with Crippen molar-refractivity contribution in [2.24, 2.45) is 0 Å². The Labute approximate surface area is 148 Å². The monoisotopic (exact) mass is 347 g/mol. The van der Waals surface area contributed by atoms with Crippen molar-refractivity contribution in [3.63, 3.8) is 0 Å². The lowest BCUT2D eigenvalue weighted by atomic mass is 10.0. The van der Waals surface area contributed by atoms with Crippen LogP contribution in [0.5, 0.6) is 0 Å². The maximum atomic E-state index is 12.6. The van der Waals surface area contributed by atoms with E-state index in [1.54, 1.807) is 12.4 Å². The van der Waals surface area contributed by atoms with Crippen molar-refractivity contribution in [3.8, 4) is 0 Å². The Balaban J connectivity index is 0.00000208. The molecule has 1 aromatic carbocycles. The van der Waals surface area contributed by atoms with Gasteiger partial charge in [-0.15, -0.1) is 12.4 Å². The lowest BCUT2D eigenvalue weighted by molar-refractivity contribution is 0.0702. The highest BCUT2D eigenvalue weighted by Crippen LogP contribution is 2.18. The van der Waals surface area contributed by atoms with Crippen LogP contribution >= 0.6 is 12.4 Å². The van der Waals surface area contributed by atoms with Gasteiger partial charge in [-0.2, -0.15) is 0 Å². The molecule has 24 heavy (non-hydrogen) atoms. The number of carbonyl (C=O) groups is 1. The number of rotatable bonds is 4. The largest absolute Gasteiger partial charge is 0.355 e. The first-order chi connectivity index (χ1) is 11.3. The van der Waals surface area contributed by atoms with Crippen LogP contribution in [0.2, 0.25) is 0 Å². The summed E-state index contributed by atoms with van der Waals surface area (Å²) in [7, 11) is 0. The van der Waals surface area contributed by atoms with Crippen molar-refractivity contribution >= 4 is 24.3 Å². The van der Waals surface area contributed by atoms with Crippen LogP contribution in [-0.4, -0.2) is 47.0 Å². The van der Waals surface area contributed by atoms with Gasteiger partial charge in [0.25, 0.3) is 5.91 Å². The highest BCUT2D eigenvalue weighted by atomic mass is 35.5. The van der Waals surface area contributed by atoms with E-state index in [9.17, 15) is 4.79 Å². The van der Waals surface area contributed by atoms with E-state index in [1.807, 2.05) is 30.0 Å². The Bertz CT molecular complexity index is 650. The minimum Gasteiger partial charge on any atom is -0.355 e. The maximum absolute atomic E-state index is 12.6. The Kier molecular flexibility index (Phi) is 6.52. The van der Waals surface area contributed by atoms with E-state index in [0.717, 1.165) is 13.1 Å². The first-order valence-electron chi connectivity index (χ1n) is 7.91. The number of hydrogen-bond acceptors (Lipinski definition) is 5. The molecule has 0 bridgehead atoms. The molecule has 1 amide bonds. The van der Waals surface area contributed by atoms with Gasteiger partial charge in [0.2, 0.25) is 5.95 Å². The van der Waals surface area contributed by atoms with Gasteiger partial charge >= 0.3 is 0 Å². The molecule has 7 heteroatoms. The molecule has 2 heterocycles. The highest BCUT2D eigenvalue weighted by molar-refractivity contribution is 5.93. The second-order valence-electron chi connectivity index (χ2n) is 5.49. The van der Waals surface area contributed by atoms with Crippen LogP contribution in [0.15, 0.2) is 42.7 Å². The number of benzene rings is 1. The van der Waals surface area contributed by atoms with Gasteiger partial charge in [-0.3, -0.25) is 4.79 Å². The molecule has 1 saturated heterocycles. The fourth-order valence-electron chi connectivity index (χ4n) is 2.71. The molecular formula is C17H22ClN5O. The second kappa shape index (κ2) is 8.61.